The highest BCUT2D eigenvalue weighted by atomic mass is 16.7. The minimum absolute atomic E-state index is 0.153. The Morgan fingerprint density at radius 2 is 2.18 bits per heavy atom. The zero-order chi connectivity index (χ0) is 12.8. The summed E-state index contributed by atoms with van der Waals surface area (Å²) in [5, 5.41) is 15.1. The van der Waals surface area contributed by atoms with Crippen molar-refractivity contribution >= 4 is 5.91 Å². The number of amides is 1. The van der Waals surface area contributed by atoms with Gasteiger partial charge in [0.2, 0.25) is 0 Å². The normalized spacial score (nSPS) is 10.9. The highest BCUT2D eigenvalue weighted by Crippen LogP contribution is 2.12. The van der Waals surface area contributed by atoms with Crippen LogP contribution in [0.5, 0.6) is 0 Å². The Morgan fingerprint density at radius 3 is 2.65 bits per heavy atom. The van der Waals surface area contributed by atoms with E-state index >= 15 is 0 Å². The number of rotatable bonds is 6. The van der Waals surface area contributed by atoms with Gasteiger partial charge in [0.1, 0.15) is 6.61 Å². The van der Waals surface area contributed by atoms with Gasteiger partial charge in [0, 0.05) is 19.8 Å². The molecule has 1 aromatic rings. The summed E-state index contributed by atoms with van der Waals surface area (Å²) >= 11 is 0. The van der Waals surface area contributed by atoms with Crippen LogP contribution in [0.4, 0.5) is 0 Å². The number of carbonyl (C=O) groups is 1. The summed E-state index contributed by atoms with van der Waals surface area (Å²) in [6.45, 7) is 1.57. The Labute approximate surface area is 98.7 Å². The van der Waals surface area contributed by atoms with Crippen molar-refractivity contribution in [2.75, 3.05) is 20.8 Å². The van der Waals surface area contributed by atoms with Crippen LogP contribution in [0.1, 0.15) is 21.8 Å². The summed E-state index contributed by atoms with van der Waals surface area (Å²) in [5.74, 6) is -0.116. The number of methoxy groups -OCH3 is 2. The fourth-order valence-electron chi connectivity index (χ4n) is 1.25. The van der Waals surface area contributed by atoms with Gasteiger partial charge in [-0.2, -0.15) is 0 Å². The number of aliphatic hydroxyl groups is 1. The van der Waals surface area contributed by atoms with Crippen LogP contribution in [0.15, 0.2) is 4.52 Å². The van der Waals surface area contributed by atoms with Crippen molar-refractivity contribution in [2.45, 2.75) is 19.8 Å². The van der Waals surface area contributed by atoms with E-state index in [9.17, 15) is 4.79 Å². The molecule has 7 nitrogen and oxygen atoms in total. The summed E-state index contributed by atoms with van der Waals surface area (Å²) in [7, 11) is 2.96. The summed E-state index contributed by atoms with van der Waals surface area (Å²) in [6.07, 6.45) is -0.511. The van der Waals surface area contributed by atoms with Crippen LogP contribution in [0, 0.1) is 6.92 Å². The predicted octanol–water partition coefficient (Wildman–Crippen LogP) is -0.176. The second-order valence-corrected chi connectivity index (χ2v) is 3.35. The number of aromatic nitrogens is 1. The van der Waals surface area contributed by atoms with Crippen molar-refractivity contribution < 1.29 is 23.9 Å². The zero-order valence-corrected chi connectivity index (χ0v) is 10.0. The minimum atomic E-state index is -0.511. The Morgan fingerprint density at radius 1 is 1.53 bits per heavy atom. The molecule has 2 N–H and O–H groups in total. The molecule has 0 aliphatic heterocycles. The maximum atomic E-state index is 11.7. The van der Waals surface area contributed by atoms with E-state index in [4.69, 9.17) is 19.1 Å². The second-order valence-electron chi connectivity index (χ2n) is 3.35. The van der Waals surface area contributed by atoms with Gasteiger partial charge in [0.25, 0.3) is 5.91 Å². The lowest BCUT2D eigenvalue weighted by Gasteiger charge is -2.13. The first-order chi connectivity index (χ1) is 8.13. The number of ether oxygens (including phenoxy) is 2. The minimum Gasteiger partial charge on any atom is -0.388 e. The van der Waals surface area contributed by atoms with Crippen molar-refractivity contribution in [3.05, 3.63) is 17.0 Å². The van der Waals surface area contributed by atoms with Crippen LogP contribution >= 0.6 is 0 Å². The molecule has 1 heterocycles. The van der Waals surface area contributed by atoms with Crippen LogP contribution in [0.3, 0.4) is 0 Å². The van der Waals surface area contributed by atoms with Crippen molar-refractivity contribution in [1.82, 2.24) is 10.5 Å². The Bertz CT molecular complexity index is 373. The fraction of sp³-hybridized carbons (Fsp3) is 0.600. The van der Waals surface area contributed by atoms with Crippen LogP contribution in [0.25, 0.3) is 0 Å². The fourth-order valence-corrected chi connectivity index (χ4v) is 1.25. The summed E-state index contributed by atoms with van der Waals surface area (Å²) < 4.78 is 14.6. The van der Waals surface area contributed by atoms with Gasteiger partial charge < -0.3 is 24.4 Å². The molecule has 0 aliphatic rings. The maximum absolute atomic E-state index is 11.7. The van der Waals surface area contributed by atoms with Crippen molar-refractivity contribution in [3.8, 4) is 0 Å². The molecule has 0 radical (unpaired) electrons. The number of nitrogens with zero attached hydrogens (tertiary/aromatic N) is 1. The predicted molar refractivity (Wildman–Crippen MR) is 57.3 cm³/mol. The van der Waals surface area contributed by atoms with Gasteiger partial charge in [-0.05, 0) is 6.92 Å². The van der Waals surface area contributed by atoms with Crippen molar-refractivity contribution in [1.29, 1.82) is 0 Å². The molecule has 0 aliphatic carbocycles. The third-order valence-corrected chi connectivity index (χ3v) is 2.33. The maximum Gasteiger partial charge on any atom is 0.273 e. The van der Waals surface area contributed by atoms with E-state index in [1.807, 2.05) is 0 Å². The zero-order valence-electron chi connectivity index (χ0n) is 10.0. The molecule has 7 heteroatoms. The molecule has 17 heavy (non-hydrogen) atoms. The average molecular weight is 244 g/mol. The van der Waals surface area contributed by atoms with Crippen LogP contribution in [-0.2, 0) is 16.1 Å². The lowest BCUT2D eigenvalue weighted by Crippen LogP contribution is -2.34. The lowest BCUT2D eigenvalue weighted by molar-refractivity contribution is -0.0974. The number of hydrogen-bond donors (Lipinski definition) is 2. The number of carbonyl (C=O) groups excluding carboxylic acids is 1. The molecule has 1 rings (SSSR count). The van der Waals surface area contributed by atoms with E-state index in [-0.39, 0.29) is 24.6 Å². The molecule has 0 aromatic carbocycles. The molecular formula is C10H16N2O5. The molecule has 0 fully saturated rings. The highest BCUT2D eigenvalue weighted by molar-refractivity contribution is 5.93. The first-order valence-electron chi connectivity index (χ1n) is 5.03. The summed E-state index contributed by atoms with van der Waals surface area (Å²) in [4.78, 5) is 11.7. The topological polar surface area (TPSA) is 93.8 Å². The Hall–Kier alpha value is -1.44. The third kappa shape index (κ3) is 3.26. The second kappa shape index (κ2) is 6.33. The molecule has 0 spiro atoms. The SMILES string of the molecule is COC(CNC(=O)c1noc(CO)c1C)OC. The number of hydrogen-bond acceptors (Lipinski definition) is 6. The van der Waals surface area contributed by atoms with E-state index in [0.717, 1.165) is 0 Å². The molecule has 1 amide bonds. The van der Waals surface area contributed by atoms with E-state index in [1.165, 1.54) is 14.2 Å². The molecule has 0 saturated heterocycles. The highest BCUT2D eigenvalue weighted by Gasteiger charge is 2.18. The van der Waals surface area contributed by atoms with Crippen molar-refractivity contribution in [3.63, 3.8) is 0 Å². The molecule has 96 valence electrons. The molecule has 0 saturated carbocycles. The van der Waals surface area contributed by atoms with Crippen LogP contribution < -0.4 is 5.32 Å². The monoisotopic (exact) mass is 244 g/mol. The van der Waals surface area contributed by atoms with Crippen LogP contribution in [-0.4, -0.2) is 43.2 Å². The average Bonchev–Trinajstić information content (AvgIpc) is 2.71. The largest absolute Gasteiger partial charge is 0.388 e. The molecule has 1 aromatic heterocycles. The van der Waals surface area contributed by atoms with E-state index in [2.05, 4.69) is 10.5 Å². The Kier molecular flexibility index (Phi) is 5.08. The van der Waals surface area contributed by atoms with Gasteiger partial charge in [-0.1, -0.05) is 5.16 Å². The summed E-state index contributed by atoms with van der Waals surface area (Å²) in [6, 6.07) is 0. The van der Waals surface area contributed by atoms with Gasteiger partial charge >= 0.3 is 0 Å². The standard InChI is InChI=1S/C10H16N2O5/c1-6-7(5-13)17-12-9(6)10(14)11-4-8(15-2)16-3/h8,13H,4-5H2,1-3H3,(H,11,14). The number of aliphatic hydroxyl groups excluding tert-OH is 1. The van der Waals surface area contributed by atoms with E-state index in [0.29, 0.717) is 5.56 Å². The molecule has 0 bridgehead atoms. The quantitative estimate of drug-likeness (QED) is 0.674. The number of nitrogens with one attached hydrogen (secondary N) is 1. The van der Waals surface area contributed by atoms with Crippen LogP contribution in [0.2, 0.25) is 0 Å². The molecule has 0 atom stereocenters. The van der Waals surface area contributed by atoms with Gasteiger partial charge in [-0.25, -0.2) is 0 Å². The van der Waals surface area contributed by atoms with Crippen molar-refractivity contribution in [2.24, 2.45) is 0 Å². The van der Waals surface area contributed by atoms with Gasteiger partial charge in [-0.15, -0.1) is 0 Å². The van der Waals surface area contributed by atoms with E-state index < -0.39 is 12.2 Å². The van der Waals surface area contributed by atoms with Gasteiger partial charge in [0.05, 0.1) is 6.54 Å². The van der Waals surface area contributed by atoms with E-state index in [1.54, 1.807) is 6.92 Å². The lowest BCUT2D eigenvalue weighted by atomic mass is 10.2. The smallest absolute Gasteiger partial charge is 0.273 e. The summed E-state index contributed by atoms with van der Waals surface area (Å²) in [5.41, 5.74) is 0.677. The first kappa shape index (κ1) is 13.6. The first-order valence-corrected chi connectivity index (χ1v) is 5.03. The van der Waals surface area contributed by atoms with Gasteiger partial charge in [-0.3, -0.25) is 4.79 Å². The molecular weight excluding hydrogens is 228 g/mol. The Balaban J connectivity index is 2.61. The van der Waals surface area contributed by atoms with Gasteiger partial charge in [0.15, 0.2) is 17.7 Å². The molecule has 0 unspecified atom stereocenters. The third-order valence-electron chi connectivity index (χ3n) is 2.33.